The highest BCUT2D eigenvalue weighted by atomic mass is 32.1. The first-order valence-electron chi connectivity index (χ1n) is 12.3. The Balaban J connectivity index is 1.52. The molecule has 0 aromatic carbocycles. The predicted octanol–water partition coefficient (Wildman–Crippen LogP) is 2.80. The Morgan fingerprint density at radius 1 is 1.29 bits per heavy atom. The van der Waals surface area contributed by atoms with Crippen LogP contribution in [0.4, 0.5) is 0 Å². The lowest BCUT2D eigenvalue weighted by Crippen LogP contribution is -2.47. The van der Waals surface area contributed by atoms with E-state index in [9.17, 15) is 9.59 Å². The number of carbonyl (C=O) groups is 2. The normalized spacial score (nSPS) is 14.9. The van der Waals surface area contributed by atoms with Gasteiger partial charge in [-0.3, -0.25) is 14.6 Å². The Hall–Kier alpha value is -3.01. The zero-order valence-electron chi connectivity index (χ0n) is 20.8. The number of thiocarbonyl (C=S) groups is 1. The summed E-state index contributed by atoms with van der Waals surface area (Å²) < 4.78 is 7.01. The third kappa shape index (κ3) is 8.02. The van der Waals surface area contributed by atoms with Crippen LogP contribution >= 0.6 is 12.2 Å². The van der Waals surface area contributed by atoms with Crippen LogP contribution in [0, 0.1) is 6.92 Å². The molecule has 1 aliphatic rings. The Labute approximate surface area is 212 Å². The summed E-state index contributed by atoms with van der Waals surface area (Å²) in [6, 6.07) is 3.68. The van der Waals surface area contributed by atoms with Crippen molar-refractivity contribution in [2.24, 2.45) is 0 Å². The van der Waals surface area contributed by atoms with Gasteiger partial charge in [0, 0.05) is 56.2 Å². The summed E-state index contributed by atoms with van der Waals surface area (Å²) in [6.07, 6.45) is 8.25. The highest BCUT2D eigenvalue weighted by Crippen LogP contribution is 2.29. The van der Waals surface area contributed by atoms with Gasteiger partial charge in [0.15, 0.2) is 5.11 Å². The first-order valence-corrected chi connectivity index (χ1v) is 12.7. The van der Waals surface area contributed by atoms with Gasteiger partial charge in [0.05, 0.1) is 30.6 Å². The van der Waals surface area contributed by atoms with Crippen LogP contribution in [0.5, 0.6) is 0 Å². The SMILES string of the molecule is CCOC(=O)CC(C)NC(=S)N1CCC(c2nc(C)ccc2C(=O)NCCCn2ccnc2)CC1. The summed E-state index contributed by atoms with van der Waals surface area (Å²) in [5, 5.41) is 6.93. The van der Waals surface area contributed by atoms with Crippen LogP contribution in [-0.4, -0.2) is 68.7 Å². The second-order valence-corrected chi connectivity index (χ2v) is 9.30. The topological polar surface area (TPSA) is 101 Å². The molecule has 1 saturated heterocycles. The van der Waals surface area contributed by atoms with Gasteiger partial charge < -0.3 is 24.8 Å². The fourth-order valence-corrected chi connectivity index (χ4v) is 4.62. The molecule has 0 bridgehead atoms. The van der Waals surface area contributed by atoms with Crippen molar-refractivity contribution in [1.82, 2.24) is 30.1 Å². The van der Waals surface area contributed by atoms with Crippen LogP contribution in [0.1, 0.15) is 67.2 Å². The highest BCUT2D eigenvalue weighted by molar-refractivity contribution is 7.80. The van der Waals surface area contributed by atoms with E-state index in [1.807, 2.05) is 36.7 Å². The minimum absolute atomic E-state index is 0.0782. The number of nitrogens with zero attached hydrogens (tertiary/aromatic N) is 4. The standard InChI is InChI=1S/C25H36N6O3S/c1-4-34-22(32)16-19(3)29-25(35)31-13-8-20(9-14-31)23-21(7-6-18(2)28-23)24(33)27-10-5-12-30-15-11-26-17-30/h6-7,11,15,17,19-20H,4-5,8-10,12-14,16H2,1-3H3,(H,27,33)(H,29,35). The van der Waals surface area contributed by atoms with E-state index in [1.165, 1.54) is 0 Å². The van der Waals surface area contributed by atoms with Gasteiger partial charge in [-0.2, -0.15) is 0 Å². The second kappa shape index (κ2) is 13.2. The Kier molecular flexibility index (Phi) is 10.0. The molecule has 0 aliphatic carbocycles. The molecule has 0 spiro atoms. The number of nitrogens with one attached hydrogen (secondary N) is 2. The van der Waals surface area contributed by atoms with E-state index < -0.39 is 0 Å². The zero-order valence-corrected chi connectivity index (χ0v) is 21.6. The molecular formula is C25H36N6O3S. The molecule has 1 aliphatic heterocycles. The lowest BCUT2D eigenvalue weighted by atomic mass is 9.90. The number of aryl methyl sites for hydroxylation is 2. The summed E-state index contributed by atoms with van der Waals surface area (Å²) in [4.78, 5) is 35.6. The number of esters is 1. The molecule has 3 rings (SSSR count). The maximum Gasteiger partial charge on any atom is 0.307 e. The molecule has 0 radical (unpaired) electrons. The van der Waals surface area contributed by atoms with Gasteiger partial charge in [-0.1, -0.05) is 0 Å². The number of likely N-dealkylation sites (tertiary alicyclic amines) is 1. The van der Waals surface area contributed by atoms with Crippen LogP contribution in [0.25, 0.3) is 0 Å². The Morgan fingerprint density at radius 3 is 2.74 bits per heavy atom. The first kappa shape index (κ1) is 26.6. The van der Waals surface area contributed by atoms with Crippen molar-refractivity contribution in [2.45, 2.75) is 65.0 Å². The van der Waals surface area contributed by atoms with Gasteiger partial charge in [-0.05, 0) is 64.4 Å². The zero-order chi connectivity index (χ0) is 25.2. The number of ether oxygens (including phenoxy) is 1. The summed E-state index contributed by atoms with van der Waals surface area (Å²) in [5.41, 5.74) is 2.43. The van der Waals surface area contributed by atoms with Crippen molar-refractivity contribution < 1.29 is 14.3 Å². The molecule has 2 aromatic rings. The number of hydrogen-bond donors (Lipinski definition) is 2. The predicted molar refractivity (Wildman–Crippen MR) is 138 cm³/mol. The van der Waals surface area contributed by atoms with Gasteiger partial charge in [-0.15, -0.1) is 0 Å². The van der Waals surface area contributed by atoms with Crippen LogP contribution < -0.4 is 10.6 Å². The van der Waals surface area contributed by atoms with E-state index >= 15 is 0 Å². The number of rotatable bonds is 10. The van der Waals surface area contributed by atoms with Crippen molar-refractivity contribution in [3.05, 3.63) is 47.8 Å². The van der Waals surface area contributed by atoms with Crippen molar-refractivity contribution in [3.63, 3.8) is 0 Å². The molecule has 2 aromatic heterocycles. The van der Waals surface area contributed by atoms with E-state index in [4.69, 9.17) is 21.9 Å². The Bertz CT molecular complexity index is 989. The number of carbonyl (C=O) groups excluding carboxylic acids is 2. The van der Waals surface area contributed by atoms with Crippen LogP contribution in [0.3, 0.4) is 0 Å². The molecule has 10 heteroatoms. The van der Waals surface area contributed by atoms with E-state index in [0.29, 0.717) is 23.8 Å². The minimum Gasteiger partial charge on any atom is -0.466 e. The fraction of sp³-hybridized carbons (Fsp3) is 0.560. The molecule has 35 heavy (non-hydrogen) atoms. The average molecular weight is 501 g/mol. The van der Waals surface area contributed by atoms with E-state index in [2.05, 4.69) is 20.5 Å². The smallest absolute Gasteiger partial charge is 0.307 e. The second-order valence-electron chi connectivity index (χ2n) is 8.92. The third-order valence-electron chi connectivity index (χ3n) is 6.06. The summed E-state index contributed by atoms with van der Waals surface area (Å²) >= 11 is 5.58. The van der Waals surface area contributed by atoms with Gasteiger partial charge in [-0.25, -0.2) is 4.98 Å². The first-order chi connectivity index (χ1) is 16.9. The molecule has 190 valence electrons. The number of aromatic nitrogens is 3. The lowest BCUT2D eigenvalue weighted by Gasteiger charge is -2.35. The highest BCUT2D eigenvalue weighted by Gasteiger charge is 2.27. The summed E-state index contributed by atoms with van der Waals surface area (Å²) in [5.74, 6) is -0.116. The van der Waals surface area contributed by atoms with Gasteiger partial charge in [0.2, 0.25) is 0 Å². The monoisotopic (exact) mass is 500 g/mol. The number of pyridine rings is 1. The van der Waals surface area contributed by atoms with Crippen LogP contribution in [0.2, 0.25) is 0 Å². The maximum absolute atomic E-state index is 13.0. The van der Waals surface area contributed by atoms with Crippen molar-refractivity contribution in [2.75, 3.05) is 26.2 Å². The molecular weight excluding hydrogens is 464 g/mol. The molecule has 1 fully saturated rings. The Morgan fingerprint density at radius 2 is 2.06 bits per heavy atom. The molecule has 2 N–H and O–H groups in total. The molecule has 0 saturated carbocycles. The quantitative estimate of drug-likeness (QED) is 0.292. The summed E-state index contributed by atoms with van der Waals surface area (Å²) in [6.45, 7) is 8.99. The van der Waals surface area contributed by atoms with E-state index in [1.54, 1.807) is 19.4 Å². The van der Waals surface area contributed by atoms with E-state index in [0.717, 1.165) is 50.3 Å². The molecule has 1 amide bonds. The molecule has 1 atom stereocenters. The molecule has 1 unspecified atom stereocenters. The number of piperidine rings is 1. The van der Waals surface area contributed by atoms with Crippen molar-refractivity contribution in [1.29, 1.82) is 0 Å². The molecule has 3 heterocycles. The van der Waals surface area contributed by atoms with Crippen molar-refractivity contribution >= 4 is 29.2 Å². The van der Waals surface area contributed by atoms with Gasteiger partial charge in [0.1, 0.15) is 0 Å². The number of hydrogen-bond acceptors (Lipinski definition) is 6. The van der Waals surface area contributed by atoms with Crippen molar-refractivity contribution in [3.8, 4) is 0 Å². The largest absolute Gasteiger partial charge is 0.466 e. The van der Waals surface area contributed by atoms with Gasteiger partial charge in [0.25, 0.3) is 5.91 Å². The minimum atomic E-state index is -0.230. The average Bonchev–Trinajstić information content (AvgIpc) is 3.35. The van der Waals surface area contributed by atoms with Gasteiger partial charge >= 0.3 is 5.97 Å². The fourth-order valence-electron chi connectivity index (χ4n) is 4.24. The molecule has 9 nitrogen and oxygen atoms in total. The number of imidazole rings is 1. The van der Waals surface area contributed by atoms with Crippen LogP contribution in [0.15, 0.2) is 30.9 Å². The maximum atomic E-state index is 13.0. The van der Waals surface area contributed by atoms with E-state index in [-0.39, 0.29) is 30.3 Å². The van der Waals surface area contributed by atoms with Crippen LogP contribution in [-0.2, 0) is 16.1 Å². The summed E-state index contributed by atoms with van der Waals surface area (Å²) in [7, 11) is 0. The number of amides is 1. The lowest BCUT2D eigenvalue weighted by molar-refractivity contribution is -0.143. The third-order valence-corrected chi connectivity index (χ3v) is 6.44.